The van der Waals surface area contributed by atoms with Gasteiger partial charge >= 0.3 is 0 Å². The fraction of sp³-hybridized carbons (Fsp3) is 0.143. The summed E-state index contributed by atoms with van der Waals surface area (Å²) in [6.45, 7) is 3.47. The van der Waals surface area contributed by atoms with Crippen molar-refractivity contribution >= 4 is 21.4 Å². The second kappa shape index (κ2) is 5.13. The van der Waals surface area contributed by atoms with Gasteiger partial charge in [-0.3, -0.25) is 4.72 Å². The van der Waals surface area contributed by atoms with E-state index in [9.17, 15) is 12.8 Å². The first-order valence-corrected chi connectivity index (χ1v) is 7.42. The number of hydrogen-bond donors (Lipinski definition) is 2. The van der Waals surface area contributed by atoms with Crippen LogP contribution in [0.4, 0.5) is 15.8 Å². The van der Waals surface area contributed by atoms with Crippen LogP contribution in [0.1, 0.15) is 11.1 Å². The molecule has 0 saturated heterocycles. The van der Waals surface area contributed by atoms with Crippen LogP contribution < -0.4 is 10.5 Å². The minimum Gasteiger partial charge on any atom is -0.398 e. The summed E-state index contributed by atoms with van der Waals surface area (Å²) >= 11 is 0. The second-order valence-electron chi connectivity index (χ2n) is 4.64. The average Bonchev–Trinajstić information content (AvgIpc) is 2.30. The van der Waals surface area contributed by atoms with Crippen LogP contribution in [0.25, 0.3) is 0 Å². The Hall–Kier alpha value is -2.08. The summed E-state index contributed by atoms with van der Waals surface area (Å²) in [5, 5.41) is 0. The summed E-state index contributed by atoms with van der Waals surface area (Å²) in [7, 11) is -3.78. The molecule has 0 unspecified atom stereocenters. The van der Waals surface area contributed by atoms with Gasteiger partial charge in [0.05, 0.1) is 10.6 Å². The maximum atomic E-state index is 13.3. The van der Waals surface area contributed by atoms with Crippen LogP contribution in [0.5, 0.6) is 0 Å². The van der Waals surface area contributed by atoms with Crippen molar-refractivity contribution in [3.63, 3.8) is 0 Å². The van der Waals surface area contributed by atoms with Gasteiger partial charge in [0, 0.05) is 5.69 Å². The Balaban J connectivity index is 2.37. The van der Waals surface area contributed by atoms with E-state index in [-0.39, 0.29) is 10.6 Å². The number of nitrogens with two attached hydrogens (primary N) is 1. The van der Waals surface area contributed by atoms with Crippen molar-refractivity contribution in [3.05, 3.63) is 53.3 Å². The molecule has 2 aromatic rings. The molecule has 0 fully saturated rings. The van der Waals surface area contributed by atoms with Gasteiger partial charge in [0.2, 0.25) is 0 Å². The highest BCUT2D eigenvalue weighted by atomic mass is 32.2. The summed E-state index contributed by atoms with van der Waals surface area (Å²) < 4.78 is 40.0. The molecule has 2 aromatic carbocycles. The van der Waals surface area contributed by atoms with Crippen molar-refractivity contribution in [3.8, 4) is 0 Å². The molecule has 4 nitrogen and oxygen atoms in total. The zero-order valence-electron chi connectivity index (χ0n) is 11.1. The van der Waals surface area contributed by atoms with Crippen molar-refractivity contribution in [2.75, 3.05) is 10.5 Å². The minimum atomic E-state index is -3.78. The number of anilines is 2. The first-order valence-electron chi connectivity index (χ1n) is 5.94. The summed E-state index contributed by atoms with van der Waals surface area (Å²) in [5.74, 6) is -0.494. The lowest BCUT2D eigenvalue weighted by molar-refractivity contribution is 0.601. The predicted octanol–water partition coefficient (Wildman–Crippen LogP) is 2.83. The Bertz CT molecular complexity index is 738. The maximum absolute atomic E-state index is 13.3. The Morgan fingerprint density at radius 3 is 2.40 bits per heavy atom. The van der Waals surface area contributed by atoms with E-state index in [1.165, 1.54) is 18.2 Å². The van der Waals surface area contributed by atoms with Gasteiger partial charge < -0.3 is 5.73 Å². The van der Waals surface area contributed by atoms with Crippen LogP contribution in [-0.2, 0) is 10.0 Å². The molecule has 20 heavy (non-hydrogen) atoms. The molecule has 106 valence electrons. The smallest absolute Gasteiger partial charge is 0.261 e. The number of benzene rings is 2. The number of hydrogen-bond acceptors (Lipinski definition) is 3. The van der Waals surface area contributed by atoms with Gasteiger partial charge in [0.25, 0.3) is 10.0 Å². The zero-order valence-corrected chi connectivity index (χ0v) is 12.0. The molecule has 0 bridgehead atoms. The molecule has 2 rings (SSSR count). The fourth-order valence-corrected chi connectivity index (χ4v) is 2.87. The van der Waals surface area contributed by atoms with Crippen molar-refractivity contribution in [2.45, 2.75) is 18.7 Å². The molecular formula is C14H15FN2O2S. The molecule has 0 atom stereocenters. The lowest BCUT2D eigenvalue weighted by Gasteiger charge is -2.10. The number of rotatable bonds is 3. The van der Waals surface area contributed by atoms with E-state index in [0.717, 1.165) is 11.6 Å². The number of aryl methyl sites for hydroxylation is 2. The van der Waals surface area contributed by atoms with E-state index in [1.54, 1.807) is 26.0 Å². The van der Waals surface area contributed by atoms with Crippen LogP contribution in [-0.4, -0.2) is 8.42 Å². The summed E-state index contributed by atoms with van der Waals surface area (Å²) in [5.41, 5.74) is 7.71. The van der Waals surface area contributed by atoms with E-state index < -0.39 is 15.8 Å². The van der Waals surface area contributed by atoms with Gasteiger partial charge in [-0.1, -0.05) is 6.07 Å². The first kappa shape index (κ1) is 14.3. The topological polar surface area (TPSA) is 72.2 Å². The molecular weight excluding hydrogens is 279 g/mol. The van der Waals surface area contributed by atoms with Crippen molar-refractivity contribution in [1.29, 1.82) is 0 Å². The monoisotopic (exact) mass is 294 g/mol. The molecule has 6 heteroatoms. The fourth-order valence-electron chi connectivity index (χ4n) is 1.80. The molecule has 0 spiro atoms. The van der Waals surface area contributed by atoms with Gasteiger partial charge in [-0.25, -0.2) is 12.8 Å². The standard InChI is InChI=1S/C14H15FN2O2S/c1-9-5-11(15)7-12(6-9)17-20(18,19)13-4-3-10(2)14(16)8-13/h3-8,17H,16H2,1-2H3. The predicted molar refractivity (Wildman–Crippen MR) is 77.5 cm³/mol. The van der Waals surface area contributed by atoms with Crippen molar-refractivity contribution in [2.24, 2.45) is 0 Å². The Labute approximate surface area is 117 Å². The highest BCUT2D eigenvalue weighted by Gasteiger charge is 2.15. The lowest BCUT2D eigenvalue weighted by atomic mass is 10.2. The molecule has 0 heterocycles. The summed E-state index contributed by atoms with van der Waals surface area (Å²) in [6.07, 6.45) is 0. The Morgan fingerprint density at radius 1 is 1.10 bits per heavy atom. The molecule has 0 saturated carbocycles. The second-order valence-corrected chi connectivity index (χ2v) is 6.32. The highest BCUT2D eigenvalue weighted by molar-refractivity contribution is 7.92. The molecule has 0 aliphatic heterocycles. The SMILES string of the molecule is Cc1cc(F)cc(NS(=O)(=O)c2ccc(C)c(N)c2)c1. The van der Waals surface area contributed by atoms with E-state index in [2.05, 4.69) is 4.72 Å². The molecule has 0 aliphatic carbocycles. The largest absolute Gasteiger partial charge is 0.398 e. The van der Waals surface area contributed by atoms with Gasteiger partial charge in [-0.2, -0.15) is 0 Å². The third-order valence-corrected chi connectivity index (χ3v) is 4.23. The molecule has 3 N–H and O–H groups in total. The van der Waals surface area contributed by atoms with Crippen LogP contribution in [0, 0.1) is 19.7 Å². The van der Waals surface area contributed by atoms with Crippen LogP contribution >= 0.6 is 0 Å². The normalized spacial score (nSPS) is 11.3. The highest BCUT2D eigenvalue weighted by Crippen LogP contribution is 2.21. The van der Waals surface area contributed by atoms with Crippen LogP contribution in [0.2, 0.25) is 0 Å². The van der Waals surface area contributed by atoms with Gasteiger partial charge in [-0.15, -0.1) is 0 Å². The van der Waals surface area contributed by atoms with Crippen LogP contribution in [0.3, 0.4) is 0 Å². The lowest BCUT2D eigenvalue weighted by Crippen LogP contribution is -2.13. The van der Waals surface area contributed by atoms with E-state index in [4.69, 9.17) is 5.73 Å². The summed E-state index contributed by atoms with van der Waals surface area (Å²) in [6, 6.07) is 8.46. The van der Waals surface area contributed by atoms with Gasteiger partial charge in [0.15, 0.2) is 0 Å². The van der Waals surface area contributed by atoms with E-state index >= 15 is 0 Å². The van der Waals surface area contributed by atoms with E-state index in [0.29, 0.717) is 11.3 Å². The Morgan fingerprint density at radius 2 is 1.80 bits per heavy atom. The third kappa shape index (κ3) is 3.08. The maximum Gasteiger partial charge on any atom is 0.261 e. The first-order chi connectivity index (χ1) is 9.28. The van der Waals surface area contributed by atoms with Gasteiger partial charge in [-0.05, 0) is 55.3 Å². The number of sulfonamides is 1. The van der Waals surface area contributed by atoms with Crippen molar-refractivity contribution in [1.82, 2.24) is 0 Å². The number of nitrogen functional groups attached to an aromatic ring is 1. The molecule has 0 aromatic heterocycles. The Kier molecular flexibility index (Phi) is 3.67. The van der Waals surface area contributed by atoms with Crippen molar-refractivity contribution < 1.29 is 12.8 Å². The minimum absolute atomic E-state index is 0.0440. The van der Waals surface area contributed by atoms with E-state index in [1.807, 2.05) is 0 Å². The number of nitrogens with one attached hydrogen (secondary N) is 1. The molecule has 0 amide bonds. The average molecular weight is 294 g/mol. The quantitative estimate of drug-likeness (QED) is 0.855. The van der Waals surface area contributed by atoms with Gasteiger partial charge in [0.1, 0.15) is 5.82 Å². The third-order valence-electron chi connectivity index (χ3n) is 2.86. The van der Waals surface area contributed by atoms with Crippen LogP contribution in [0.15, 0.2) is 41.3 Å². The molecule has 0 aliphatic rings. The molecule has 0 radical (unpaired) electrons. The summed E-state index contributed by atoms with van der Waals surface area (Å²) in [4.78, 5) is 0.0440. The zero-order chi connectivity index (χ0) is 14.9. The number of halogens is 1.